The molecule has 0 radical (unpaired) electrons. The number of hydrogen-bond donors (Lipinski definition) is 2. The van der Waals surface area contributed by atoms with Gasteiger partial charge in [-0.05, 0) is 49.6 Å². The molecular formula is C26H29F3N4O. The van der Waals surface area contributed by atoms with E-state index in [1.165, 1.54) is 6.07 Å². The molecule has 5 nitrogen and oxygen atoms in total. The second kappa shape index (κ2) is 9.62. The Balaban J connectivity index is 1.75. The molecule has 1 aliphatic rings. The van der Waals surface area contributed by atoms with Gasteiger partial charge >= 0.3 is 6.18 Å². The van der Waals surface area contributed by atoms with E-state index in [0.29, 0.717) is 29.0 Å². The number of fused-ring (bicyclic) bond motifs is 1. The number of aromatic nitrogens is 1. The van der Waals surface area contributed by atoms with Crippen LogP contribution in [0.25, 0.3) is 22.0 Å². The molecule has 34 heavy (non-hydrogen) atoms. The second-order valence-electron chi connectivity index (χ2n) is 9.26. The Labute approximate surface area is 197 Å². The summed E-state index contributed by atoms with van der Waals surface area (Å²) in [6.07, 6.45) is -1.96. The minimum Gasteiger partial charge on any atom is -0.383 e. The highest BCUT2D eigenvalue weighted by atomic mass is 19.4. The van der Waals surface area contributed by atoms with Gasteiger partial charge in [0.15, 0.2) is 0 Å². The Hall–Kier alpha value is -3.13. The molecule has 1 amide bonds. The fourth-order valence-electron chi connectivity index (χ4n) is 4.60. The first-order valence-electron chi connectivity index (χ1n) is 11.6. The number of anilines is 2. The zero-order chi connectivity index (χ0) is 24.5. The van der Waals surface area contributed by atoms with Crippen LogP contribution in [0, 0.1) is 5.92 Å². The molecule has 0 bridgehead atoms. The van der Waals surface area contributed by atoms with E-state index in [0.717, 1.165) is 43.5 Å². The molecule has 2 heterocycles. The molecule has 0 aliphatic carbocycles. The summed E-state index contributed by atoms with van der Waals surface area (Å²) in [6, 6.07) is 12.1. The number of alkyl halides is 3. The minimum absolute atomic E-state index is 0.0821. The van der Waals surface area contributed by atoms with Gasteiger partial charge in [0.2, 0.25) is 5.91 Å². The van der Waals surface area contributed by atoms with E-state index >= 15 is 0 Å². The minimum atomic E-state index is -4.54. The molecule has 1 aromatic heterocycles. The number of nitrogens with two attached hydrogens (primary N) is 1. The third kappa shape index (κ3) is 5.17. The summed E-state index contributed by atoms with van der Waals surface area (Å²) in [5.74, 6) is 0.266. The molecule has 3 N–H and O–H groups in total. The number of likely N-dealkylation sites (tertiary alicyclic amines) is 1. The molecule has 4 rings (SSSR count). The maximum atomic E-state index is 13.5. The van der Waals surface area contributed by atoms with Gasteiger partial charge in [0.1, 0.15) is 5.82 Å². The summed E-state index contributed by atoms with van der Waals surface area (Å²) in [4.78, 5) is 19.9. The van der Waals surface area contributed by atoms with Gasteiger partial charge in [-0.25, -0.2) is 4.98 Å². The fourth-order valence-corrected chi connectivity index (χ4v) is 4.60. The van der Waals surface area contributed by atoms with E-state index < -0.39 is 11.7 Å². The molecule has 1 unspecified atom stereocenters. The Kier molecular flexibility index (Phi) is 6.79. The number of hydrogen-bond acceptors (Lipinski definition) is 4. The molecule has 8 heteroatoms. The number of para-hydroxylation sites is 1. The zero-order valence-corrected chi connectivity index (χ0v) is 19.3. The number of carbonyl (C=O) groups excluding carboxylic acids is 1. The number of halogens is 3. The van der Waals surface area contributed by atoms with Gasteiger partial charge in [-0.1, -0.05) is 44.5 Å². The Morgan fingerprint density at radius 2 is 1.91 bits per heavy atom. The van der Waals surface area contributed by atoms with E-state index in [1.807, 2.05) is 24.3 Å². The van der Waals surface area contributed by atoms with Crippen molar-refractivity contribution in [2.45, 2.75) is 45.3 Å². The smallest absolute Gasteiger partial charge is 0.383 e. The number of piperidine rings is 1. The summed E-state index contributed by atoms with van der Waals surface area (Å²) in [6.45, 7) is 5.73. The van der Waals surface area contributed by atoms with Crippen LogP contribution in [0.2, 0.25) is 0 Å². The first-order valence-corrected chi connectivity index (χ1v) is 11.6. The highest BCUT2D eigenvalue weighted by Gasteiger charge is 2.33. The third-order valence-corrected chi connectivity index (χ3v) is 6.16. The van der Waals surface area contributed by atoms with Crippen molar-refractivity contribution < 1.29 is 18.0 Å². The van der Waals surface area contributed by atoms with Crippen LogP contribution in [0.3, 0.4) is 0 Å². The SMILES string of the molecule is CC(C)CN1CCCCC1C(=O)Nc1cc(C(F)(F)F)ccc1-c1cc2ccccc2nc1N. The molecule has 1 fully saturated rings. The number of rotatable bonds is 5. The standard InChI is InChI=1S/C26H29F3N4O/c1-16(2)15-33-12-6-5-9-23(33)25(34)32-22-14-18(26(27,28)29)10-11-19(22)20-13-17-7-3-4-8-21(17)31-24(20)30/h3-4,7-8,10-11,13-14,16,23H,5-6,9,12,15H2,1-2H3,(H2,30,31)(H,32,34). The molecule has 180 valence electrons. The third-order valence-electron chi connectivity index (χ3n) is 6.16. The van der Waals surface area contributed by atoms with Crippen LogP contribution in [-0.2, 0) is 11.0 Å². The maximum absolute atomic E-state index is 13.5. The Morgan fingerprint density at radius 1 is 1.15 bits per heavy atom. The molecule has 1 saturated heterocycles. The lowest BCUT2D eigenvalue weighted by Crippen LogP contribution is -2.48. The number of benzene rings is 2. The van der Waals surface area contributed by atoms with Crippen molar-refractivity contribution in [3.63, 3.8) is 0 Å². The van der Waals surface area contributed by atoms with E-state index in [-0.39, 0.29) is 23.5 Å². The average molecular weight is 471 g/mol. The van der Waals surface area contributed by atoms with E-state index in [4.69, 9.17) is 5.73 Å². The van der Waals surface area contributed by atoms with Crippen molar-refractivity contribution in [2.24, 2.45) is 5.92 Å². The second-order valence-corrected chi connectivity index (χ2v) is 9.26. The maximum Gasteiger partial charge on any atom is 0.416 e. The van der Waals surface area contributed by atoms with Gasteiger partial charge in [0.25, 0.3) is 0 Å². The molecule has 3 aromatic rings. The highest BCUT2D eigenvalue weighted by Crippen LogP contribution is 2.38. The summed E-state index contributed by atoms with van der Waals surface area (Å²) >= 11 is 0. The van der Waals surface area contributed by atoms with Crippen molar-refractivity contribution in [2.75, 3.05) is 24.1 Å². The summed E-state index contributed by atoms with van der Waals surface area (Å²) < 4.78 is 40.6. The number of nitrogens with zero attached hydrogens (tertiary/aromatic N) is 2. The monoisotopic (exact) mass is 470 g/mol. The number of carbonyl (C=O) groups is 1. The Morgan fingerprint density at radius 3 is 2.65 bits per heavy atom. The van der Waals surface area contributed by atoms with Gasteiger partial charge in [0.05, 0.1) is 17.1 Å². The quantitative estimate of drug-likeness (QED) is 0.483. The van der Waals surface area contributed by atoms with Crippen molar-refractivity contribution >= 4 is 28.3 Å². The van der Waals surface area contributed by atoms with Crippen molar-refractivity contribution in [1.29, 1.82) is 0 Å². The molecule has 2 aromatic carbocycles. The Bertz CT molecular complexity index is 1190. The topological polar surface area (TPSA) is 71.2 Å². The largest absolute Gasteiger partial charge is 0.416 e. The summed E-state index contributed by atoms with van der Waals surface area (Å²) in [5.41, 5.74) is 7.03. The average Bonchev–Trinajstić information content (AvgIpc) is 2.78. The van der Waals surface area contributed by atoms with Crippen LogP contribution in [0.15, 0.2) is 48.5 Å². The molecule has 1 aliphatic heterocycles. The molecule has 1 atom stereocenters. The zero-order valence-electron chi connectivity index (χ0n) is 19.3. The van der Waals surface area contributed by atoms with Crippen molar-refractivity contribution in [3.05, 3.63) is 54.1 Å². The van der Waals surface area contributed by atoms with E-state index in [2.05, 4.69) is 29.0 Å². The predicted octanol–water partition coefficient (Wildman–Crippen LogP) is 5.95. The lowest BCUT2D eigenvalue weighted by molar-refractivity contribution is -0.137. The number of amides is 1. The number of nitrogen functional groups attached to an aromatic ring is 1. The van der Waals surface area contributed by atoms with E-state index in [1.54, 1.807) is 6.07 Å². The first kappa shape index (κ1) is 24.0. The van der Waals surface area contributed by atoms with Crippen LogP contribution in [0.5, 0.6) is 0 Å². The predicted molar refractivity (Wildman–Crippen MR) is 129 cm³/mol. The van der Waals surface area contributed by atoms with Gasteiger partial charge in [-0.3, -0.25) is 9.69 Å². The van der Waals surface area contributed by atoms with Crippen molar-refractivity contribution in [1.82, 2.24) is 9.88 Å². The van der Waals surface area contributed by atoms with E-state index in [9.17, 15) is 18.0 Å². The summed E-state index contributed by atoms with van der Waals surface area (Å²) in [5, 5.41) is 3.61. The lowest BCUT2D eigenvalue weighted by atomic mass is 9.97. The number of nitrogens with one attached hydrogen (secondary N) is 1. The normalized spacial score (nSPS) is 17.3. The van der Waals surface area contributed by atoms with Gasteiger partial charge in [0, 0.05) is 28.7 Å². The first-order chi connectivity index (χ1) is 16.1. The van der Waals surface area contributed by atoms with Gasteiger partial charge < -0.3 is 11.1 Å². The van der Waals surface area contributed by atoms with Crippen LogP contribution in [0.4, 0.5) is 24.7 Å². The van der Waals surface area contributed by atoms with Gasteiger partial charge in [-0.2, -0.15) is 13.2 Å². The molecule has 0 saturated carbocycles. The molecule has 0 spiro atoms. The molecular weight excluding hydrogens is 441 g/mol. The van der Waals surface area contributed by atoms with Gasteiger partial charge in [-0.15, -0.1) is 0 Å². The van der Waals surface area contributed by atoms with Crippen LogP contribution in [0.1, 0.15) is 38.7 Å². The highest BCUT2D eigenvalue weighted by molar-refractivity contribution is 6.01. The lowest BCUT2D eigenvalue weighted by Gasteiger charge is -2.35. The van der Waals surface area contributed by atoms with Crippen LogP contribution < -0.4 is 11.1 Å². The van der Waals surface area contributed by atoms with Crippen LogP contribution >= 0.6 is 0 Å². The number of pyridine rings is 1. The summed E-state index contributed by atoms with van der Waals surface area (Å²) in [7, 11) is 0. The van der Waals surface area contributed by atoms with Crippen LogP contribution in [-0.4, -0.2) is 34.9 Å². The van der Waals surface area contributed by atoms with Crippen molar-refractivity contribution in [3.8, 4) is 11.1 Å². The fraction of sp³-hybridized carbons (Fsp3) is 0.385.